The van der Waals surface area contributed by atoms with Crippen molar-refractivity contribution in [2.24, 2.45) is 0 Å². The number of anilines is 2. The van der Waals surface area contributed by atoms with Crippen molar-refractivity contribution in [3.05, 3.63) is 52.5 Å². The number of aryl methyl sites for hydroxylation is 1. The molecule has 0 heterocycles. The van der Waals surface area contributed by atoms with Gasteiger partial charge >= 0.3 is 0 Å². The third-order valence-electron chi connectivity index (χ3n) is 2.95. The summed E-state index contributed by atoms with van der Waals surface area (Å²) < 4.78 is 0.954. The number of hydrogen-bond donors (Lipinski definition) is 2. The molecule has 0 aliphatic heterocycles. The van der Waals surface area contributed by atoms with Gasteiger partial charge in [-0.3, -0.25) is 4.79 Å². The molecule has 2 aromatic carbocycles. The van der Waals surface area contributed by atoms with Crippen molar-refractivity contribution in [2.45, 2.75) is 18.2 Å². The maximum absolute atomic E-state index is 12.0. The molecule has 2 aromatic rings. The molecule has 1 amide bonds. The minimum absolute atomic E-state index is 0.0346. The molecule has 3 N–H and O–H groups in total. The summed E-state index contributed by atoms with van der Waals surface area (Å²) in [4.78, 5) is 12.9. The first kappa shape index (κ1) is 15.9. The summed E-state index contributed by atoms with van der Waals surface area (Å²) >= 11 is 4.84. The minimum Gasteiger partial charge on any atom is -0.398 e. The first-order valence-corrected chi connectivity index (χ1v) is 8.43. The third-order valence-corrected chi connectivity index (χ3v) is 4.52. The highest BCUT2D eigenvalue weighted by Gasteiger charge is 2.07. The Morgan fingerprint density at radius 3 is 2.86 bits per heavy atom. The number of nitrogens with one attached hydrogen (secondary N) is 1. The molecule has 0 aliphatic rings. The molecule has 0 bridgehead atoms. The van der Waals surface area contributed by atoms with Gasteiger partial charge in [0.15, 0.2) is 0 Å². The molecule has 2 rings (SSSR count). The van der Waals surface area contributed by atoms with E-state index in [1.807, 2.05) is 42.5 Å². The predicted octanol–water partition coefficient (Wildman–Crippen LogP) is 4.32. The lowest BCUT2D eigenvalue weighted by Gasteiger charge is -2.08. The van der Waals surface area contributed by atoms with Crippen molar-refractivity contribution in [3.63, 3.8) is 0 Å². The average Bonchev–Trinajstić information content (AvgIpc) is 2.48. The van der Waals surface area contributed by atoms with Crippen LogP contribution in [0.15, 0.2) is 51.8 Å². The molecule has 21 heavy (non-hydrogen) atoms. The Balaban J connectivity index is 1.94. The molecule has 0 saturated heterocycles. The summed E-state index contributed by atoms with van der Waals surface area (Å²) in [5.41, 5.74) is 8.62. The van der Waals surface area contributed by atoms with E-state index in [9.17, 15) is 4.79 Å². The second kappa shape index (κ2) is 7.52. The molecule has 0 saturated carbocycles. The van der Waals surface area contributed by atoms with Crippen molar-refractivity contribution in [2.75, 3.05) is 16.8 Å². The molecular weight excluding hydrogens is 348 g/mol. The summed E-state index contributed by atoms with van der Waals surface area (Å²) in [5, 5.41) is 2.91. The van der Waals surface area contributed by atoms with Gasteiger partial charge in [-0.2, -0.15) is 0 Å². The van der Waals surface area contributed by atoms with E-state index >= 15 is 0 Å². The van der Waals surface area contributed by atoms with Gasteiger partial charge in [0, 0.05) is 20.7 Å². The van der Waals surface area contributed by atoms with Crippen molar-refractivity contribution < 1.29 is 4.79 Å². The monoisotopic (exact) mass is 364 g/mol. The predicted molar refractivity (Wildman–Crippen MR) is 93.7 cm³/mol. The topological polar surface area (TPSA) is 55.1 Å². The molecular formula is C16H17BrN2OS. The SMILES string of the molecule is CCc1cccc(NC(=O)CSc2cc(Br)ccc2N)c1. The van der Waals surface area contributed by atoms with Crippen LogP contribution in [0.4, 0.5) is 11.4 Å². The van der Waals surface area contributed by atoms with Crippen LogP contribution in [-0.4, -0.2) is 11.7 Å². The van der Waals surface area contributed by atoms with Crippen LogP contribution in [0.5, 0.6) is 0 Å². The number of benzene rings is 2. The molecule has 0 aliphatic carbocycles. The van der Waals surface area contributed by atoms with Gasteiger partial charge in [-0.25, -0.2) is 0 Å². The maximum Gasteiger partial charge on any atom is 0.234 e. The summed E-state index contributed by atoms with van der Waals surface area (Å²) in [6, 6.07) is 13.5. The number of amides is 1. The van der Waals surface area contributed by atoms with E-state index in [1.165, 1.54) is 17.3 Å². The van der Waals surface area contributed by atoms with Crippen molar-refractivity contribution in [1.29, 1.82) is 0 Å². The molecule has 0 spiro atoms. The fourth-order valence-electron chi connectivity index (χ4n) is 1.84. The molecule has 0 aromatic heterocycles. The Morgan fingerprint density at radius 2 is 2.10 bits per heavy atom. The summed E-state index contributed by atoms with van der Waals surface area (Å²) in [6.45, 7) is 2.09. The number of hydrogen-bond acceptors (Lipinski definition) is 3. The van der Waals surface area contributed by atoms with Crippen molar-refractivity contribution in [1.82, 2.24) is 0 Å². The zero-order valence-electron chi connectivity index (χ0n) is 11.7. The number of rotatable bonds is 5. The first-order valence-electron chi connectivity index (χ1n) is 6.65. The lowest BCUT2D eigenvalue weighted by molar-refractivity contribution is -0.113. The molecule has 0 unspecified atom stereocenters. The first-order chi connectivity index (χ1) is 10.1. The zero-order valence-corrected chi connectivity index (χ0v) is 14.1. The highest BCUT2D eigenvalue weighted by atomic mass is 79.9. The van der Waals surface area contributed by atoms with Crippen LogP contribution in [0.3, 0.4) is 0 Å². The second-order valence-electron chi connectivity index (χ2n) is 4.57. The minimum atomic E-state index is -0.0346. The Bertz CT molecular complexity index is 646. The summed E-state index contributed by atoms with van der Waals surface area (Å²) in [7, 11) is 0. The highest BCUT2D eigenvalue weighted by Crippen LogP contribution is 2.28. The highest BCUT2D eigenvalue weighted by molar-refractivity contribution is 9.10. The van der Waals surface area contributed by atoms with Crippen molar-refractivity contribution >= 4 is 45.0 Å². The van der Waals surface area contributed by atoms with Crippen LogP contribution in [0.1, 0.15) is 12.5 Å². The molecule has 5 heteroatoms. The lowest BCUT2D eigenvalue weighted by atomic mass is 10.1. The van der Waals surface area contributed by atoms with Gasteiger partial charge in [-0.05, 0) is 42.3 Å². The molecule has 0 radical (unpaired) electrons. The van der Waals surface area contributed by atoms with Crippen LogP contribution < -0.4 is 11.1 Å². The fourth-order valence-corrected chi connectivity index (χ4v) is 3.16. The van der Waals surface area contributed by atoms with Gasteiger partial charge in [0.25, 0.3) is 0 Å². The Morgan fingerprint density at radius 1 is 1.29 bits per heavy atom. The standard InChI is InChI=1S/C16H17BrN2OS/c1-2-11-4-3-5-13(8-11)19-16(20)10-21-15-9-12(17)6-7-14(15)18/h3-9H,2,10,18H2,1H3,(H,19,20). The number of carbonyl (C=O) groups is 1. The summed E-state index contributed by atoms with van der Waals surface area (Å²) in [5.74, 6) is 0.296. The van der Waals surface area contributed by atoms with Crippen LogP contribution in [0.25, 0.3) is 0 Å². The molecule has 110 valence electrons. The number of carbonyl (C=O) groups excluding carboxylic acids is 1. The number of nitrogen functional groups attached to an aromatic ring is 1. The van der Waals surface area contributed by atoms with E-state index in [4.69, 9.17) is 5.73 Å². The van der Waals surface area contributed by atoms with Gasteiger partial charge in [0.2, 0.25) is 5.91 Å². The fraction of sp³-hybridized carbons (Fsp3) is 0.188. The quantitative estimate of drug-likeness (QED) is 0.613. The van der Waals surface area contributed by atoms with Crippen molar-refractivity contribution in [3.8, 4) is 0 Å². The lowest BCUT2D eigenvalue weighted by Crippen LogP contribution is -2.14. The van der Waals surface area contributed by atoms with Gasteiger partial charge in [-0.1, -0.05) is 35.0 Å². The van der Waals surface area contributed by atoms with E-state index in [2.05, 4.69) is 28.2 Å². The van der Waals surface area contributed by atoms with Crippen LogP contribution in [0.2, 0.25) is 0 Å². The normalized spacial score (nSPS) is 10.4. The van der Waals surface area contributed by atoms with E-state index in [0.717, 1.165) is 21.5 Å². The van der Waals surface area contributed by atoms with E-state index < -0.39 is 0 Å². The van der Waals surface area contributed by atoms with E-state index in [1.54, 1.807) is 0 Å². The molecule has 0 atom stereocenters. The maximum atomic E-state index is 12.0. The van der Waals surface area contributed by atoms with Gasteiger partial charge in [0.05, 0.1) is 5.75 Å². The summed E-state index contributed by atoms with van der Waals surface area (Å²) in [6.07, 6.45) is 0.951. The van der Waals surface area contributed by atoms with Gasteiger partial charge in [0.1, 0.15) is 0 Å². The third kappa shape index (κ3) is 4.79. The molecule has 3 nitrogen and oxygen atoms in total. The Labute approximate surface area is 137 Å². The largest absolute Gasteiger partial charge is 0.398 e. The average molecular weight is 365 g/mol. The Hall–Kier alpha value is -1.46. The number of halogens is 1. The van der Waals surface area contributed by atoms with Crippen LogP contribution in [0, 0.1) is 0 Å². The van der Waals surface area contributed by atoms with Crippen LogP contribution >= 0.6 is 27.7 Å². The smallest absolute Gasteiger partial charge is 0.234 e. The Kier molecular flexibility index (Phi) is 5.70. The van der Waals surface area contributed by atoms with E-state index in [0.29, 0.717) is 11.4 Å². The van der Waals surface area contributed by atoms with Gasteiger partial charge < -0.3 is 11.1 Å². The van der Waals surface area contributed by atoms with E-state index in [-0.39, 0.29) is 5.91 Å². The zero-order chi connectivity index (χ0) is 15.2. The van der Waals surface area contributed by atoms with Gasteiger partial charge in [-0.15, -0.1) is 11.8 Å². The second-order valence-corrected chi connectivity index (χ2v) is 6.51. The molecule has 0 fully saturated rings. The number of nitrogens with two attached hydrogens (primary N) is 1. The van der Waals surface area contributed by atoms with Crippen LogP contribution in [-0.2, 0) is 11.2 Å². The number of thioether (sulfide) groups is 1.